The number of amides is 1. The van der Waals surface area contributed by atoms with Crippen LogP contribution >= 0.6 is 15.9 Å². The zero-order valence-electron chi connectivity index (χ0n) is 9.81. The van der Waals surface area contributed by atoms with Crippen LogP contribution in [0.15, 0.2) is 33.3 Å². The fourth-order valence-electron chi connectivity index (χ4n) is 1.47. The van der Waals surface area contributed by atoms with Crippen molar-refractivity contribution in [2.75, 3.05) is 6.54 Å². The van der Waals surface area contributed by atoms with E-state index in [2.05, 4.69) is 31.4 Å². The fourth-order valence-corrected chi connectivity index (χ4v) is 1.94. The molecule has 0 saturated heterocycles. The van der Waals surface area contributed by atoms with E-state index in [1.165, 1.54) is 0 Å². The second kappa shape index (κ2) is 5.77. The summed E-state index contributed by atoms with van der Waals surface area (Å²) in [6.07, 6.45) is 0.549. The summed E-state index contributed by atoms with van der Waals surface area (Å²) in [6, 6.07) is 7.28. The van der Waals surface area contributed by atoms with E-state index in [9.17, 15) is 4.79 Å². The first kappa shape index (κ1) is 12.8. The highest BCUT2D eigenvalue weighted by Crippen LogP contribution is 2.15. The zero-order chi connectivity index (χ0) is 13.0. The molecule has 0 bridgehead atoms. The molecule has 0 aliphatic carbocycles. The van der Waals surface area contributed by atoms with Gasteiger partial charge in [-0.15, -0.1) is 0 Å². The van der Waals surface area contributed by atoms with Gasteiger partial charge in [-0.25, -0.2) is 0 Å². The summed E-state index contributed by atoms with van der Waals surface area (Å²) in [7, 11) is 0. The van der Waals surface area contributed by atoms with Gasteiger partial charge in [-0.3, -0.25) is 4.79 Å². The van der Waals surface area contributed by atoms with Crippen LogP contribution in [0.25, 0.3) is 0 Å². The van der Waals surface area contributed by atoms with Crippen molar-refractivity contribution in [3.63, 3.8) is 0 Å². The summed E-state index contributed by atoms with van der Waals surface area (Å²) in [5.41, 5.74) is 0.613. The predicted octanol–water partition coefficient (Wildman–Crippen LogP) is 2.11. The lowest BCUT2D eigenvalue weighted by Gasteiger charge is -2.05. The number of aryl methyl sites for hydroxylation is 1. The quantitative estimate of drug-likeness (QED) is 0.939. The number of carbonyl (C=O) groups is 1. The van der Waals surface area contributed by atoms with E-state index < -0.39 is 0 Å². The first-order chi connectivity index (χ1) is 8.66. The van der Waals surface area contributed by atoms with Gasteiger partial charge in [0, 0.05) is 24.4 Å². The van der Waals surface area contributed by atoms with Gasteiger partial charge >= 0.3 is 0 Å². The number of hydrogen-bond acceptors (Lipinski definition) is 4. The summed E-state index contributed by atoms with van der Waals surface area (Å²) < 4.78 is 5.62. The molecule has 1 aromatic carbocycles. The third kappa shape index (κ3) is 3.16. The van der Waals surface area contributed by atoms with Crippen LogP contribution in [-0.4, -0.2) is 22.6 Å². The zero-order valence-corrected chi connectivity index (χ0v) is 11.4. The van der Waals surface area contributed by atoms with Crippen LogP contribution in [0.4, 0.5) is 0 Å². The van der Waals surface area contributed by atoms with Crippen LogP contribution in [-0.2, 0) is 6.42 Å². The van der Waals surface area contributed by atoms with Gasteiger partial charge in [0.1, 0.15) is 0 Å². The Balaban J connectivity index is 1.87. The molecule has 5 nitrogen and oxygen atoms in total. The van der Waals surface area contributed by atoms with Crippen molar-refractivity contribution in [3.8, 4) is 0 Å². The van der Waals surface area contributed by atoms with E-state index in [0.717, 1.165) is 4.47 Å². The molecule has 0 spiro atoms. The first-order valence-electron chi connectivity index (χ1n) is 5.49. The molecule has 1 aromatic heterocycles. The maximum atomic E-state index is 11.9. The minimum absolute atomic E-state index is 0.123. The Hall–Kier alpha value is -1.69. The van der Waals surface area contributed by atoms with Crippen LogP contribution in [0.1, 0.15) is 22.1 Å². The Bertz CT molecular complexity index is 554. The molecule has 6 heteroatoms. The van der Waals surface area contributed by atoms with Crippen molar-refractivity contribution < 1.29 is 9.32 Å². The fraction of sp³-hybridized carbons (Fsp3) is 0.250. The number of nitrogens with one attached hydrogen (secondary N) is 1. The molecular formula is C12H12BrN3O2. The third-order valence-electron chi connectivity index (χ3n) is 2.32. The lowest BCUT2D eigenvalue weighted by Crippen LogP contribution is -2.26. The number of rotatable bonds is 4. The standard InChI is InChI=1S/C12H12BrN3O2/c1-8-15-11(16-18-8)6-7-14-12(17)9-4-2-3-5-10(9)13/h2-5H,6-7H2,1H3,(H,14,17). The molecule has 0 unspecified atom stereocenters. The maximum Gasteiger partial charge on any atom is 0.252 e. The van der Waals surface area contributed by atoms with Gasteiger partial charge in [0.05, 0.1) is 5.56 Å². The second-order valence-electron chi connectivity index (χ2n) is 3.72. The maximum absolute atomic E-state index is 11.9. The third-order valence-corrected chi connectivity index (χ3v) is 3.01. The lowest BCUT2D eigenvalue weighted by atomic mass is 10.2. The Morgan fingerprint density at radius 1 is 1.44 bits per heavy atom. The molecule has 0 radical (unpaired) electrons. The van der Waals surface area contributed by atoms with Crippen molar-refractivity contribution in [1.29, 1.82) is 0 Å². The summed E-state index contributed by atoms with van der Waals surface area (Å²) >= 11 is 3.34. The highest BCUT2D eigenvalue weighted by Gasteiger charge is 2.09. The molecule has 1 amide bonds. The van der Waals surface area contributed by atoms with Gasteiger partial charge in [0.2, 0.25) is 5.89 Å². The number of hydrogen-bond donors (Lipinski definition) is 1. The Morgan fingerprint density at radius 3 is 2.89 bits per heavy atom. The van der Waals surface area contributed by atoms with Crippen LogP contribution in [0.2, 0.25) is 0 Å². The molecule has 0 fully saturated rings. The minimum atomic E-state index is -0.123. The summed E-state index contributed by atoms with van der Waals surface area (Å²) in [6.45, 7) is 2.20. The van der Waals surface area contributed by atoms with Crippen molar-refractivity contribution in [2.24, 2.45) is 0 Å². The topological polar surface area (TPSA) is 68.0 Å². The minimum Gasteiger partial charge on any atom is -0.352 e. The van der Waals surface area contributed by atoms with Crippen molar-refractivity contribution in [2.45, 2.75) is 13.3 Å². The molecule has 94 valence electrons. The van der Waals surface area contributed by atoms with Crippen molar-refractivity contribution in [3.05, 3.63) is 46.0 Å². The number of halogens is 1. The van der Waals surface area contributed by atoms with Gasteiger partial charge in [0.25, 0.3) is 5.91 Å². The van der Waals surface area contributed by atoms with Crippen molar-refractivity contribution in [1.82, 2.24) is 15.5 Å². The molecule has 18 heavy (non-hydrogen) atoms. The number of carbonyl (C=O) groups excluding carboxylic acids is 1. The van der Waals surface area contributed by atoms with Crippen molar-refractivity contribution >= 4 is 21.8 Å². The molecule has 0 aliphatic rings. The van der Waals surface area contributed by atoms with Gasteiger partial charge < -0.3 is 9.84 Å². The number of nitrogens with zero attached hydrogens (tertiary/aromatic N) is 2. The molecule has 2 aromatic rings. The van der Waals surface area contributed by atoms with E-state index in [-0.39, 0.29) is 5.91 Å². The highest BCUT2D eigenvalue weighted by molar-refractivity contribution is 9.10. The average Bonchev–Trinajstić information content (AvgIpc) is 2.75. The van der Waals surface area contributed by atoms with E-state index in [1.54, 1.807) is 13.0 Å². The van der Waals surface area contributed by atoms with E-state index in [4.69, 9.17) is 4.52 Å². The summed E-state index contributed by atoms with van der Waals surface area (Å²) in [5.74, 6) is 1.00. The largest absolute Gasteiger partial charge is 0.352 e. The van der Waals surface area contributed by atoms with E-state index >= 15 is 0 Å². The van der Waals surface area contributed by atoms with Crippen LogP contribution in [0.5, 0.6) is 0 Å². The van der Waals surface area contributed by atoms with Gasteiger partial charge in [-0.1, -0.05) is 17.3 Å². The predicted molar refractivity (Wildman–Crippen MR) is 69.2 cm³/mol. The summed E-state index contributed by atoms with van der Waals surface area (Å²) in [5, 5.41) is 6.56. The molecule has 0 atom stereocenters. The van der Waals surface area contributed by atoms with Gasteiger partial charge in [0.15, 0.2) is 5.82 Å². The molecule has 0 aliphatic heterocycles. The number of benzene rings is 1. The van der Waals surface area contributed by atoms with Crippen LogP contribution in [0, 0.1) is 6.92 Å². The molecule has 0 saturated carbocycles. The normalized spacial score (nSPS) is 10.3. The lowest BCUT2D eigenvalue weighted by molar-refractivity contribution is 0.0953. The molecule has 1 N–H and O–H groups in total. The Kier molecular flexibility index (Phi) is 4.09. The average molecular weight is 310 g/mol. The smallest absolute Gasteiger partial charge is 0.252 e. The van der Waals surface area contributed by atoms with Gasteiger partial charge in [-0.2, -0.15) is 4.98 Å². The SMILES string of the molecule is Cc1nc(CCNC(=O)c2ccccc2Br)no1. The van der Waals surface area contributed by atoms with Crippen LogP contribution in [0.3, 0.4) is 0 Å². The second-order valence-corrected chi connectivity index (χ2v) is 4.57. The van der Waals surface area contributed by atoms with Crippen LogP contribution < -0.4 is 5.32 Å². The number of aromatic nitrogens is 2. The Labute approximate surface area is 113 Å². The van der Waals surface area contributed by atoms with E-state index in [1.807, 2.05) is 18.2 Å². The first-order valence-corrected chi connectivity index (χ1v) is 6.28. The molecule has 1 heterocycles. The Morgan fingerprint density at radius 2 is 2.22 bits per heavy atom. The van der Waals surface area contributed by atoms with E-state index in [0.29, 0.717) is 30.2 Å². The van der Waals surface area contributed by atoms with Gasteiger partial charge in [-0.05, 0) is 28.1 Å². The highest BCUT2D eigenvalue weighted by atomic mass is 79.9. The monoisotopic (exact) mass is 309 g/mol. The summed E-state index contributed by atoms with van der Waals surface area (Å²) in [4.78, 5) is 15.9. The molecule has 2 rings (SSSR count). The molecular weight excluding hydrogens is 298 g/mol.